The molecule has 9 heavy (non-hydrogen) atoms. The molecule has 0 aromatic rings. The lowest BCUT2D eigenvalue weighted by molar-refractivity contribution is 0.505. The van der Waals surface area contributed by atoms with Crippen LogP contribution in [0.2, 0.25) is 0 Å². The second-order valence-electron chi connectivity index (χ2n) is 2.35. The molecule has 0 aliphatic carbocycles. The lowest BCUT2D eigenvalue weighted by atomic mass is 10.3. The largest absolute Gasteiger partial charge is 0.772 e. The van der Waals surface area contributed by atoms with Gasteiger partial charge in [-0.25, -0.2) is 0 Å². The molecular weight excluding hydrogens is 136 g/mol. The Morgan fingerprint density at radius 2 is 1.33 bits per heavy atom. The molecule has 2 nitrogen and oxygen atoms in total. The number of rotatable bonds is 0. The molecule has 0 fully saturated rings. The van der Waals surface area contributed by atoms with Crippen molar-refractivity contribution in [3.05, 3.63) is 0 Å². The third-order valence-electron chi connectivity index (χ3n) is 0.500. The van der Waals surface area contributed by atoms with E-state index in [2.05, 4.69) is 0 Å². The zero-order valence-electron chi connectivity index (χ0n) is 6.72. The molecular formula is C6H15O2S-. The predicted molar refractivity (Wildman–Crippen MR) is 40.0 cm³/mol. The summed E-state index contributed by atoms with van der Waals surface area (Å²) in [5, 5.41) is 0. The summed E-state index contributed by atoms with van der Waals surface area (Å²) < 4.78 is 19.5. The highest BCUT2D eigenvalue weighted by Gasteiger charge is 2.08. The zero-order valence-corrected chi connectivity index (χ0v) is 7.54. The first-order valence-corrected chi connectivity index (χ1v) is 4.11. The molecule has 0 aliphatic rings. The van der Waals surface area contributed by atoms with E-state index >= 15 is 0 Å². The van der Waals surface area contributed by atoms with E-state index in [-0.39, 0.29) is 0 Å². The van der Waals surface area contributed by atoms with Crippen LogP contribution in [0.1, 0.15) is 34.6 Å². The van der Waals surface area contributed by atoms with Crippen molar-refractivity contribution in [2.45, 2.75) is 39.4 Å². The maximum Gasteiger partial charge on any atom is 0.0243 e. The van der Waals surface area contributed by atoms with Crippen molar-refractivity contribution in [3.8, 4) is 0 Å². The van der Waals surface area contributed by atoms with Crippen LogP contribution in [0.5, 0.6) is 0 Å². The van der Waals surface area contributed by atoms with Crippen molar-refractivity contribution in [2.75, 3.05) is 0 Å². The quantitative estimate of drug-likeness (QED) is 0.494. The maximum absolute atomic E-state index is 10.0. The van der Waals surface area contributed by atoms with Crippen LogP contribution in [-0.4, -0.2) is 13.5 Å². The van der Waals surface area contributed by atoms with E-state index in [1.807, 2.05) is 13.8 Å². The minimum atomic E-state index is -1.93. The second-order valence-corrected chi connectivity index (χ2v) is 4.04. The standard InChI is InChI=1S/C4H10O2S.C2H6/c1-4(2,3)7(5)6;1-2/h1-3H3,(H,5,6);1-2H3/p-1. The van der Waals surface area contributed by atoms with Gasteiger partial charge in [-0.05, 0) is 31.9 Å². The monoisotopic (exact) mass is 151 g/mol. The van der Waals surface area contributed by atoms with Crippen LogP contribution in [0, 0.1) is 0 Å². The van der Waals surface area contributed by atoms with E-state index < -0.39 is 15.8 Å². The molecule has 0 amide bonds. The minimum Gasteiger partial charge on any atom is -0.772 e. The molecule has 0 spiro atoms. The first kappa shape index (κ1) is 11.9. The topological polar surface area (TPSA) is 40.1 Å². The first-order valence-electron chi connectivity index (χ1n) is 3.04. The van der Waals surface area contributed by atoms with Gasteiger partial charge in [-0.2, -0.15) is 0 Å². The van der Waals surface area contributed by atoms with Gasteiger partial charge in [0.1, 0.15) is 0 Å². The zero-order chi connectivity index (χ0) is 8.08. The fourth-order valence-corrected chi connectivity index (χ4v) is 0. The molecule has 0 aromatic carbocycles. The smallest absolute Gasteiger partial charge is 0.0243 e. The fourth-order valence-electron chi connectivity index (χ4n) is 0. The van der Waals surface area contributed by atoms with Crippen molar-refractivity contribution in [2.24, 2.45) is 0 Å². The molecule has 58 valence electrons. The van der Waals surface area contributed by atoms with Gasteiger partial charge in [-0.3, -0.25) is 4.21 Å². The molecule has 0 bridgehead atoms. The SMILES string of the molecule is CC.CC(C)(C)S(=O)[O-]. The molecule has 0 rings (SSSR count). The van der Waals surface area contributed by atoms with E-state index in [1.54, 1.807) is 20.8 Å². The van der Waals surface area contributed by atoms with E-state index in [1.165, 1.54) is 0 Å². The van der Waals surface area contributed by atoms with E-state index in [9.17, 15) is 8.76 Å². The third kappa shape index (κ3) is 8.11. The Balaban J connectivity index is 0. The molecule has 0 saturated carbocycles. The summed E-state index contributed by atoms with van der Waals surface area (Å²) in [5.74, 6) is 0. The van der Waals surface area contributed by atoms with Gasteiger partial charge in [0.05, 0.1) is 0 Å². The van der Waals surface area contributed by atoms with Crippen LogP contribution in [0.4, 0.5) is 0 Å². The van der Waals surface area contributed by atoms with E-state index in [4.69, 9.17) is 0 Å². The molecule has 0 radical (unpaired) electrons. The highest BCUT2D eigenvalue weighted by molar-refractivity contribution is 7.80. The fraction of sp³-hybridized carbons (Fsp3) is 1.00. The predicted octanol–water partition coefficient (Wildman–Crippen LogP) is 1.69. The Morgan fingerprint density at radius 1 is 1.22 bits per heavy atom. The molecule has 0 N–H and O–H groups in total. The van der Waals surface area contributed by atoms with Gasteiger partial charge < -0.3 is 4.55 Å². The van der Waals surface area contributed by atoms with Gasteiger partial charge >= 0.3 is 0 Å². The summed E-state index contributed by atoms with van der Waals surface area (Å²) in [6.07, 6.45) is 0. The Kier molecular flexibility index (Phi) is 6.51. The average Bonchev–Trinajstić information content (AvgIpc) is 1.69. The Hall–Kier alpha value is 0.110. The summed E-state index contributed by atoms with van der Waals surface area (Å²) in [7, 11) is 0. The summed E-state index contributed by atoms with van der Waals surface area (Å²) in [4.78, 5) is 0. The van der Waals surface area contributed by atoms with Gasteiger partial charge in [-0.1, -0.05) is 13.8 Å². The third-order valence-corrected chi connectivity index (χ3v) is 1.50. The second kappa shape index (κ2) is 4.94. The number of hydrogen-bond donors (Lipinski definition) is 0. The normalized spacial score (nSPS) is 13.6. The molecule has 0 saturated heterocycles. The van der Waals surface area contributed by atoms with Crippen LogP contribution in [0.25, 0.3) is 0 Å². The molecule has 0 heterocycles. The summed E-state index contributed by atoms with van der Waals surface area (Å²) >= 11 is -1.93. The van der Waals surface area contributed by atoms with Gasteiger partial charge in [0.25, 0.3) is 0 Å². The molecule has 0 aliphatic heterocycles. The van der Waals surface area contributed by atoms with Crippen molar-refractivity contribution >= 4 is 11.1 Å². The van der Waals surface area contributed by atoms with E-state index in [0.29, 0.717) is 0 Å². The van der Waals surface area contributed by atoms with Gasteiger partial charge in [0.15, 0.2) is 0 Å². The highest BCUT2D eigenvalue weighted by Crippen LogP contribution is 2.06. The molecule has 3 heteroatoms. The average molecular weight is 151 g/mol. The van der Waals surface area contributed by atoms with Crippen LogP contribution in [-0.2, 0) is 11.1 Å². The van der Waals surface area contributed by atoms with E-state index in [0.717, 1.165) is 0 Å². The maximum atomic E-state index is 10.0. The highest BCUT2D eigenvalue weighted by atomic mass is 32.2. The summed E-state index contributed by atoms with van der Waals surface area (Å²) in [5.41, 5.74) is 0. The van der Waals surface area contributed by atoms with Gasteiger partial charge in [-0.15, -0.1) is 0 Å². The van der Waals surface area contributed by atoms with Crippen molar-refractivity contribution in [3.63, 3.8) is 0 Å². The van der Waals surface area contributed by atoms with Crippen molar-refractivity contribution < 1.29 is 8.76 Å². The van der Waals surface area contributed by atoms with Gasteiger partial charge in [0, 0.05) is 4.75 Å². The Bertz CT molecular complexity index is 83.5. The summed E-state index contributed by atoms with van der Waals surface area (Å²) in [6.45, 7) is 8.95. The summed E-state index contributed by atoms with van der Waals surface area (Å²) in [6, 6.07) is 0. The Morgan fingerprint density at radius 3 is 1.33 bits per heavy atom. The van der Waals surface area contributed by atoms with Crippen LogP contribution in [0.15, 0.2) is 0 Å². The Labute approximate surface area is 59.9 Å². The lowest BCUT2D eigenvalue weighted by Gasteiger charge is -2.20. The van der Waals surface area contributed by atoms with Crippen LogP contribution < -0.4 is 0 Å². The molecule has 1 unspecified atom stereocenters. The lowest BCUT2D eigenvalue weighted by Crippen LogP contribution is -2.20. The first-order chi connectivity index (χ1) is 3.94. The van der Waals surface area contributed by atoms with Crippen molar-refractivity contribution in [1.29, 1.82) is 0 Å². The van der Waals surface area contributed by atoms with Crippen LogP contribution >= 0.6 is 0 Å². The molecule has 1 atom stereocenters. The number of hydrogen-bond acceptors (Lipinski definition) is 2. The van der Waals surface area contributed by atoms with Gasteiger partial charge in [0.2, 0.25) is 0 Å². The minimum absolute atomic E-state index is 0.583. The van der Waals surface area contributed by atoms with Crippen molar-refractivity contribution in [1.82, 2.24) is 0 Å². The van der Waals surface area contributed by atoms with Crippen LogP contribution in [0.3, 0.4) is 0 Å². The molecule has 0 aromatic heterocycles.